The summed E-state index contributed by atoms with van der Waals surface area (Å²) >= 11 is 5.94. The van der Waals surface area contributed by atoms with Crippen LogP contribution in [0.4, 0.5) is 0 Å². The zero-order chi connectivity index (χ0) is 21.1. The van der Waals surface area contributed by atoms with Crippen molar-refractivity contribution >= 4 is 46.3 Å². The number of nitrogens with one attached hydrogen (secondary N) is 1. The van der Waals surface area contributed by atoms with Crippen molar-refractivity contribution in [1.29, 1.82) is 0 Å². The van der Waals surface area contributed by atoms with Gasteiger partial charge in [0.1, 0.15) is 10.1 Å². The molecule has 29 heavy (non-hydrogen) atoms. The van der Waals surface area contributed by atoms with Crippen molar-refractivity contribution in [2.75, 3.05) is 0 Å². The monoisotopic (exact) mass is 440 g/mol. The van der Waals surface area contributed by atoms with Crippen LogP contribution in [0.25, 0.3) is 6.08 Å². The maximum absolute atomic E-state index is 12.4. The standard InChI is InChI=1S/C17H16N2O8S2/c1-6-12(21)8(2-9-13(22)19-15(28)29-9)7(5-18-6)4-16(24)14(23)26-10-3-11(20)27-17(10,16)25/h2,5,10-11,20-21,24-25H,3-4H2,1H3,(H,19,22,28)/b9-2-/t10?,11-,16+,17-/m0/s1. The second-order valence-corrected chi connectivity index (χ2v) is 8.64. The van der Waals surface area contributed by atoms with Gasteiger partial charge >= 0.3 is 5.97 Å². The summed E-state index contributed by atoms with van der Waals surface area (Å²) in [5.74, 6) is -4.34. The lowest BCUT2D eigenvalue weighted by Gasteiger charge is -2.32. The summed E-state index contributed by atoms with van der Waals surface area (Å²) in [4.78, 5) is 28.6. The number of hydrogen-bond acceptors (Lipinski definition) is 11. The van der Waals surface area contributed by atoms with Crippen LogP contribution in [-0.2, 0) is 25.5 Å². The van der Waals surface area contributed by atoms with E-state index in [0.717, 1.165) is 11.8 Å². The molecule has 1 unspecified atom stereocenters. The number of aliphatic hydroxyl groups is 3. The number of carbonyl (C=O) groups is 2. The highest BCUT2D eigenvalue weighted by atomic mass is 32.2. The average Bonchev–Trinajstić information content (AvgIpc) is 3.17. The molecule has 5 N–H and O–H groups in total. The topological polar surface area (TPSA) is 158 Å². The molecule has 0 aliphatic carbocycles. The van der Waals surface area contributed by atoms with E-state index in [9.17, 15) is 30.0 Å². The number of rotatable bonds is 3. The first-order valence-electron chi connectivity index (χ1n) is 8.49. The number of esters is 1. The summed E-state index contributed by atoms with van der Waals surface area (Å²) < 4.78 is 10.3. The van der Waals surface area contributed by atoms with Crippen LogP contribution < -0.4 is 5.32 Å². The van der Waals surface area contributed by atoms with E-state index >= 15 is 0 Å². The Balaban J connectivity index is 1.77. The third-order valence-electron chi connectivity index (χ3n) is 5.07. The van der Waals surface area contributed by atoms with Gasteiger partial charge in [0.25, 0.3) is 5.91 Å². The van der Waals surface area contributed by atoms with E-state index < -0.39 is 42.1 Å². The number of aromatic nitrogens is 1. The number of aliphatic hydroxyl groups excluding tert-OH is 1. The Hall–Kier alpha value is -2.09. The van der Waals surface area contributed by atoms with Crippen molar-refractivity contribution < 1.29 is 39.5 Å². The van der Waals surface area contributed by atoms with E-state index in [0.29, 0.717) is 0 Å². The molecule has 3 fully saturated rings. The zero-order valence-electron chi connectivity index (χ0n) is 14.9. The fourth-order valence-electron chi connectivity index (χ4n) is 3.52. The Morgan fingerprint density at radius 2 is 2.17 bits per heavy atom. The molecule has 0 aromatic carbocycles. The van der Waals surface area contributed by atoms with Crippen molar-refractivity contribution in [3.8, 4) is 5.75 Å². The first-order chi connectivity index (χ1) is 13.5. The number of amides is 1. The summed E-state index contributed by atoms with van der Waals surface area (Å²) in [7, 11) is 0. The normalized spacial score (nSPS) is 35.2. The Labute approximate surface area is 173 Å². The minimum absolute atomic E-state index is 0.117. The number of aryl methyl sites for hydroxylation is 1. The summed E-state index contributed by atoms with van der Waals surface area (Å²) in [5, 5.41) is 44.4. The first-order valence-corrected chi connectivity index (χ1v) is 9.71. The van der Waals surface area contributed by atoms with Gasteiger partial charge in [0, 0.05) is 24.6 Å². The van der Waals surface area contributed by atoms with Gasteiger partial charge in [-0.1, -0.05) is 24.0 Å². The minimum atomic E-state index is -2.56. The van der Waals surface area contributed by atoms with Gasteiger partial charge in [-0.25, -0.2) is 4.79 Å². The molecule has 1 amide bonds. The number of thiocarbonyl (C=S) groups is 1. The maximum Gasteiger partial charge on any atom is 0.344 e. The largest absolute Gasteiger partial charge is 0.505 e. The number of nitrogens with zero attached hydrogens (tertiary/aromatic N) is 1. The van der Waals surface area contributed by atoms with Crippen molar-refractivity contribution in [3.05, 3.63) is 27.9 Å². The molecule has 3 aliphatic heterocycles. The molecule has 0 radical (unpaired) electrons. The third kappa shape index (κ3) is 3.03. The quantitative estimate of drug-likeness (QED) is 0.228. The van der Waals surface area contributed by atoms with Crippen molar-refractivity contribution in [1.82, 2.24) is 10.3 Å². The second-order valence-electron chi connectivity index (χ2n) is 6.92. The van der Waals surface area contributed by atoms with Gasteiger partial charge < -0.3 is 35.2 Å². The Morgan fingerprint density at radius 3 is 2.83 bits per heavy atom. The SMILES string of the molecule is Cc1ncc(C[C@@]2(O)C(=O)OC3C[C@@H](O)O[C@@]32O)c(/C=C2\SC(=S)NC2=O)c1O. The van der Waals surface area contributed by atoms with Crippen LogP contribution in [0.1, 0.15) is 23.2 Å². The molecule has 0 bridgehead atoms. The van der Waals surface area contributed by atoms with Crippen molar-refractivity contribution in [3.63, 3.8) is 0 Å². The van der Waals surface area contributed by atoms with Gasteiger partial charge in [-0.3, -0.25) is 9.78 Å². The molecule has 4 atom stereocenters. The number of fused-ring (bicyclic) bond motifs is 1. The Bertz CT molecular complexity index is 982. The van der Waals surface area contributed by atoms with Crippen LogP contribution in [0.5, 0.6) is 5.75 Å². The maximum atomic E-state index is 12.4. The Kier molecular flexibility index (Phi) is 4.68. The number of hydrogen-bond donors (Lipinski definition) is 5. The number of thioether (sulfide) groups is 1. The smallest absolute Gasteiger partial charge is 0.344 e. The van der Waals surface area contributed by atoms with Crippen molar-refractivity contribution in [2.45, 2.75) is 43.5 Å². The number of ether oxygens (including phenoxy) is 2. The summed E-state index contributed by atoms with van der Waals surface area (Å²) in [6.45, 7) is 1.53. The average molecular weight is 440 g/mol. The van der Waals surface area contributed by atoms with Gasteiger partial charge in [0.2, 0.25) is 11.4 Å². The third-order valence-corrected chi connectivity index (χ3v) is 6.23. The van der Waals surface area contributed by atoms with Gasteiger partial charge in [-0.15, -0.1) is 0 Å². The highest BCUT2D eigenvalue weighted by Crippen LogP contribution is 2.47. The van der Waals surface area contributed by atoms with E-state index in [-0.39, 0.29) is 38.2 Å². The van der Waals surface area contributed by atoms with Crippen molar-refractivity contribution in [2.24, 2.45) is 0 Å². The lowest BCUT2D eigenvalue weighted by Crippen LogP contribution is -2.59. The second kappa shape index (κ2) is 6.72. The van der Waals surface area contributed by atoms with E-state index in [1.165, 1.54) is 19.2 Å². The van der Waals surface area contributed by atoms with E-state index in [1.54, 1.807) is 0 Å². The number of carbonyl (C=O) groups excluding carboxylic acids is 2. The first kappa shape index (κ1) is 20.2. The lowest BCUT2D eigenvalue weighted by molar-refractivity contribution is -0.298. The van der Waals surface area contributed by atoms with Gasteiger partial charge in [-0.2, -0.15) is 0 Å². The van der Waals surface area contributed by atoms with E-state index in [2.05, 4.69) is 10.3 Å². The fraction of sp³-hybridized carbons (Fsp3) is 0.412. The summed E-state index contributed by atoms with van der Waals surface area (Å²) in [5.41, 5.74) is -2.06. The minimum Gasteiger partial charge on any atom is -0.505 e. The molecule has 4 heterocycles. The molecule has 3 aliphatic rings. The molecule has 0 spiro atoms. The molecule has 10 nitrogen and oxygen atoms in total. The molecule has 154 valence electrons. The lowest BCUT2D eigenvalue weighted by atomic mass is 9.84. The summed E-state index contributed by atoms with van der Waals surface area (Å²) in [6, 6.07) is 0. The molecular weight excluding hydrogens is 424 g/mol. The van der Waals surface area contributed by atoms with Gasteiger partial charge in [0.15, 0.2) is 12.4 Å². The highest BCUT2D eigenvalue weighted by Gasteiger charge is 2.72. The Morgan fingerprint density at radius 1 is 1.45 bits per heavy atom. The molecule has 3 saturated heterocycles. The molecule has 1 aromatic rings. The predicted octanol–water partition coefficient (Wildman–Crippen LogP) is -0.789. The number of aromatic hydroxyl groups is 1. The van der Waals surface area contributed by atoms with Crippen LogP contribution in [0.15, 0.2) is 11.1 Å². The van der Waals surface area contributed by atoms with Crippen LogP contribution in [0, 0.1) is 6.92 Å². The van der Waals surface area contributed by atoms with E-state index in [1.807, 2.05) is 0 Å². The fourth-order valence-corrected chi connectivity index (χ4v) is 4.55. The highest BCUT2D eigenvalue weighted by molar-refractivity contribution is 8.26. The summed E-state index contributed by atoms with van der Waals surface area (Å²) in [6.07, 6.45) is -0.776. The molecule has 4 rings (SSSR count). The zero-order valence-corrected chi connectivity index (χ0v) is 16.5. The van der Waals surface area contributed by atoms with Crippen LogP contribution in [0.2, 0.25) is 0 Å². The predicted molar refractivity (Wildman–Crippen MR) is 102 cm³/mol. The van der Waals surface area contributed by atoms with Crippen LogP contribution >= 0.6 is 24.0 Å². The van der Waals surface area contributed by atoms with Gasteiger partial charge in [-0.05, 0) is 18.6 Å². The van der Waals surface area contributed by atoms with E-state index in [4.69, 9.17) is 21.7 Å². The molecule has 12 heteroatoms. The van der Waals surface area contributed by atoms with Crippen LogP contribution in [-0.4, -0.2) is 65.4 Å². The molecule has 1 aromatic heterocycles. The number of pyridine rings is 1. The molecule has 0 saturated carbocycles. The molecular formula is C17H16N2O8S2. The van der Waals surface area contributed by atoms with Gasteiger partial charge in [0.05, 0.1) is 10.6 Å². The van der Waals surface area contributed by atoms with Crippen LogP contribution in [0.3, 0.4) is 0 Å².